The smallest absolute Gasteiger partial charge is 0.257 e. The molecule has 0 fully saturated rings. The summed E-state index contributed by atoms with van der Waals surface area (Å²) in [5.41, 5.74) is 0.713. The van der Waals surface area contributed by atoms with E-state index in [1.807, 2.05) is 0 Å². The minimum atomic E-state index is -0.439. The van der Waals surface area contributed by atoms with Crippen LogP contribution in [0.15, 0.2) is 47.3 Å². The molecule has 0 aliphatic heterocycles. The number of halogens is 1. The van der Waals surface area contributed by atoms with Crippen LogP contribution in [0.5, 0.6) is 0 Å². The summed E-state index contributed by atoms with van der Waals surface area (Å²) in [6, 6.07) is 7.06. The van der Waals surface area contributed by atoms with Crippen LogP contribution in [-0.2, 0) is 4.79 Å². The Morgan fingerprint density at radius 3 is 2.80 bits per heavy atom. The molecular weight excluding hydrogens is 263 g/mol. The van der Waals surface area contributed by atoms with E-state index in [2.05, 4.69) is 5.32 Å². The molecule has 0 saturated carbocycles. The molecule has 2 rings (SSSR count). The highest BCUT2D eigenvalue weighted by Crippen LogP contribution is 2.09. The molecule has 2 aromatic rings. The summed E-state index contributed by atoms with van der Waals surface area (Å²) in [7, 11) is 1.50. The fourth-order valence-electron chi connectivity index (χ4n) is 1.66. The average Bonchev–Trinajstić information content (AvgIpc) is 2.91. The van der Waals surface area contributed by atoms with Crippen LogP contribution in [0.3, 0.4) is 0 Å². The molecule has 0 bridgehead atoms. The van der Waals surface area contributed by atoms with Crippen LogP contribution in [0.1, 0.15) is 10.4 Å². The van der Waals surface area contributed by atoms with Crippen molar-refractivity contribution in [1.29, 1.82) is 0 Å². The second-order valence-electron chi connectivity index (χ2n) is 4.23. The SMILES string of the molecule is CN(CC(=O)Nc1cccc(F)c1)C(=O)c1ccoc1. The van der Waals surface area contributed by atoms with Crippen LogP contribution >= 0.6 is 0 Å². The van der Waals surface area contributed by atoms with Crippen molar-refractivity contribution >= 4 is 17.5 Å². The molecule has 1 heterocycles. The molecule has 0 saturated heterocycles. The van der Waals surface area contributed by atoms with Crippen LogP contribution in [-0.4, -0.2) is 30.3 Å². The maximum Gasteiger partial charge on any atom is 0.257 e. The number of rotatable bonds is 4. The summed E-state index contributed by atoms with van der Waals surface area (Å²) < 4.78 is 17.8. The van der Waals surface area contributed by atoms with Crippen molar-refractivity contribution in [3.8, 4) is 0 Å². The first-order chi connectivity index (χ1) is 9.56. The number of likely N-dealkylation sites (N-methyl/N-ethyl adjacent to an activating group) is 1. The Kier molecular flexibility index (Phi) is 4.14. The lowest BCUT2D eigenvalue weighted by Crippen LogP contribution is -2.34. The lowest BCUT2D eigenvalue weighted by atomic mass is 10.3. The molecule has 1 aromatic carbocycles. The number of amides is 2. The first-order valence-corrected chi connectivity index (χ1v) is 5.89. The first kappa shape index (κ1) is 13.8. The van der Waals surface area contributed by atoms with Crippen molar-refractivity contribution in [3.63, 3.8) is 0 Å². The summed E-state index contributed by atoms with van der Waals surface area (Å²) in [4.78, 5) is 24.9. The Morgan fingerprint density at radius 2 is 2.15 bits per heavy atom. The number of carbonyl (C=O) groups excluding carboxylic acids is 2. The van der Waals surface area contributed by atoms with Gasteiger partial charge in [-0.1, -0.05) is 6.07 Å². The maximum atomic E-state index is 13.0. The second kappa shape index (κ2) is 6.01. The molecule has 0 spiro atoms. The van der Waals surface area contributed by atoms with E-state index in [4.69, 9.17) is 4.42 Å². The molecule has 2 amide bonds. The lowest BCUT2D eigenvalue weighted by Gasteiger charge is -2.15. The highest BCUT2D eigenvalue weighted by Gasteiger charge is 2.15. The zero-order valence-corrected chi connectivity index (χ0v) is 10.8. The van der Waals surface area contributed by atoms with Gasteiger partial charge >= 0.3 is 0 Å². The Hall–Kier alpha value is -2.63. The van der Waals surface area contributed by atoms with Crippen molar-refractivity contribution in [3.05, 3.63) is 54.2 Å². The van der Waals surface area contributed by atoms with Crippen LogP contribution < -0.4 is 5.32 Å². The predicted octanol–water partition coefficient (Wildman–Crippen LogP) is 2.13. The van der Waals surface area contributed by atoms with Gasteiger partial charge in [0.1, 0.15) is 12.1 Å². The number of nitrogens with one attached hydrogen (secondary N) is 1. The average molecular weight is 276 g/mol. The van der Waals surface area contributed by atoms with Gasteiger partial charge < -0.3 is 14.6 Å². The highest BCUT2D eigenvalue weighted by atomic mass is 19.1. The van der Waals surface area contributed by atoms with Gasteiger partial charge in [-0.3, -0.25) is 9.59 Å². The quantitative estimate of drug-likeness (QED) is 0.930. The van der Waals surface area contributed by atoms with Crippen molar-refractivity contribution < 1.29 is 18.4 Å². The third-order valence-electron chi connectivity index (χ3n) is 2.60. The Morgan fingerprint density at radius 1 is 1.35 bits per heavy atom. The van der Waals surface area contributed by atoms with E-state index in [1.54, 1.807) is 6.07 Å². The van der Waals surface area contributed by atoms with Crippen LogP contribution in [0.2, 0.25) is 0 Å². The zero-order valence-electron chi connectivity index (χ0n) is 10.8. The number of furan rings is 1. The predicted molar refractivity (Wildman–Crippen MR) is 70.7 cm³/mol. The number of benzene rings is 1. The first-order valence-electron chi connectivity index (χ1n) is 5.89. The summed E-state index contributed by atoms with van der Waals surface area (Å²) >= 11 is 0. The molecule has 6 heteroatoms. The van der Waals surface area contributed by atoms with Crippen LogP contribution in [0.25, 0.3) is 0 Å². The van der Waals surface area contributed by atoms with Gasteiger partial charge in [-0.2, -0.15) is 0 Å². The van der Waals surface area contributed by atoms with E-state index >= 15 is 0 Å². The molecule has 1 N–H and O–H groups in total. The summed E-state index contributed by atoms with van der Waals surface area (Å²) in [6.07, 6.45) is 2.69. The highest BCUT2D eigenvalue weighted by molar-refractivity contribution is 5.98. The zero-order chi connectivity index (χ0) is 14.5. The summed E-state index contributed by atoms with van der Waals surface area (Å²) in [6.45, 7) is -0.138. The monoisotopic (exact) mass is 276 g/mol. The van der Waals surface area contributed by atoms with Gasteiger partial charge in [0, 0.05) is 12.7 Å². The molecule has 20 heavy (non-hydrogen) atoms. The van der Waals surface area contributed by atoms with Gasteiger partial charge in [0.25, 0.3) is 5.91 Å². The maximum absolute atomic E-state index is 13.0. The summed E-state index contributed by atoms with van der Waals surface area (Å²) in [5, 5.41) is 2.52. The second-order valence-corrected chi connectivity index (χ2v) is 4.23. The van der Waals surface area contributed by atoms with E-state index in [0.29, 0.717) is 11.3 Å². The summed E-state index contributed by atoms with van der Waals surface area (Å²) in [5.74, 6) is -1.17. The van der Waals surface area contributed by atoms with Crippen molar-refractivity contribution in [2.24, 2.45) is 0 Å². The minimum absolute atomic E-state index is 0.138. The van der Waals surface area contributed by atoms with Gasteiger partial charge in [0.2, 0.25) is 5.91 Å². The number of anilines is 1. The molecule has 1 aromatic heterocycles. The van der Waals surface area contributed by atoms with Gasteiger partial charge in [0.15, 0.2) is 0 Å². The van der Waals surface area contributed by atoms with E-state index < -0.39 is 11.7 Å². The number of nitrogens with zero attached hydrogens (tertiary/aromatic N) is 1. The standard InChI is InChI=1S/C14H13FN2O3/c1-17(14(19)10-5-6-20-9-10)8-13(18)16-12-4-2-3-11(15)7-12/h2-7,9H,8H2,1H3,(H,16,18). The molecule has 0 radical (unpaired) electrons. The number of hydrogen-bond donors (Lipinski definition) is 1. The fourth-order valence-corrected chi connectivity index (χ4v) is 1.66. The van der Waals surface area contributed by atoms with Gasteiger partial charge in [-0.15, -0.1) is 0 Å². The Balaban J connectivity index is 1.93. The van der Waals surface area contributed by atoms with Gasteiger partial charge in [-0.25, -0.2) is 4.39 Å². The van der Waals surface area contributed by atoms with Crippen molar-refractivity contribution in [2.45, 2.75) is 0 Å². The van der Waals surface area contributed by atoms with E-state index in [-0.39, 0.29) is 12.5 Å². The van der Waals surface area contributed by atoms with Crippen LogP contribution in [0, 0.1) is 5.82 Å². The number of hydrogen-bond acceptors (Lipinski definition) is 3. The fraction of sp³-hybridized carbons (Fsp3) is 0.143. The molecule has 104 valence electrons. The molecule has 0 aliphatic rings. The number of carbonyl (C=O) groups is 2. The molecule has 0 unspecified atom stereocenters. The van der Waals surface area contributed by atoms with E-state index in [1.165, 1.54) is 48.7 Å². The minimum Gasteiger partial charge on any atom is -0.472 e. The van der Waals surface area contributed by atoms with Crippen molar-refractivity contribution in [1.82, 2.24) is 4.90 Å². The van der Waals surface area contributed by atoms with Gasteiger partial charge in [-0.05, 0) is 24.3 Å². The molecule has 0 aliphatic carbocycles. The van der Waals surface area contributed by atoms with Crippen molar-refractivity contribution in [2.75, 3.05) is 18.9 Å². The van der Waals surface area contributed by atoms with Gasteiger partial charge in [0.05, 0.1) is 18.4 Å². The Bertz CT molecular complexity index is 611. The topological polar surface area (TPSA) is 62.6 Å². The van der Waals surface area contributed by atoms with E-state index in [9.17, 15) is 14.0 Å². The van der Waals surface area contributed by atoms with Crippen LogP contribution in [0.4, 0.5) is 10.1 Å². The Labute approximate surface area is 115 Å². The van der Waals surface area contributed by atoms with E-state index in [0.717, 1.165) is 0 Å². The largest absolute Gasteiger partial charge is 0.472 e. The third kappa shape index (κ3) is 3.44. The third-order valence-corrected chi connectivity index (χ3v) is 2.60. The molecular formula is C14H13FN2O3. The molecule has 0 atom stereocenters. The molecule has 5 nitrogen and oxygen atoms in total. The normalized spacial score (nSPS) is 10.1. The lowest BCUT2D eigenvalue weighted by molar-refractivity contribution is -0.116.